The second-order valence-corrected chi connectivity index (χ2v) is 16.7. The van der Waals surface area contributed by atoms with Gasteiger partial charge in [0, 0.05) is 19.3 Å². The maximum Gasteiger partial charge on any atom is 0.306 e. The van der Waals surface area contributed by atoms with E-state index in [1.165, 1.54) is 77.0 Å². The van der Waals surface area contributed by atoms with E-state index in [-0.39, 0.29) is 31.1 Å². The summed E-state index contributed by atoms with van der Waals surface area (Å²) in [5, 5.41) is 0. The molecular weight excluding hydrogens is 757 g/mol. The van der Waals surface area contributed by atoms with Gasteiger partial charge in [-0.25, -0.2) is 0 Å². The molecule has 0 rings (SSSR count). The second-order valence-electron chi connectivity index (χ2n) is 16.7. The Morgan fingerprint density at radius 3 is 1.02 bits per heavy atom. The largest absolute Gasteiger partial charge is 0.462 e. The van der Waals surface area contributed by atoms with Gasteiger partial charge in [-0.05, 0) is 89.9 Å². The monoisotopic (exact) mass is 851 g/mol. The number of rotatable bonds is 45. The van der Waals surface area contributed by atoms with Crippen LogP contribution in [-0.4, -0.2) is 37.2 Å². The van der Waals surface area contributed by atoms with Crippen molar-refractivity contribution < 1.29 is 28.6 Å². The Hall–Kier alpha value is -3.15. The number of carbonyl (C=O) groups is 3. The predicted molar refractivity (Wildman–Crippen MR) is 261 cm³/mol. The summed E-state index contributed by atoms with van der Waals surface area (Å²) in [5.74, 6) is -0.917. The number of carbonyl (C=O) groups excluding carboxylic acids is 3. The minimum absolute atomic E-state index is 0.0843. The zero-order valence-corrected chi connectivity index (χ0v) is 39.9. The fourth-order valence-electron chi connectivity index (χ4n) is 6.87. The average Bonchev–Trinajstić information content (AvgIpc) is 3.26. The van der Waals surface area contributed by atoms with Gasteiger partial charge in [-0.1, -0.05) is 203 Å². The second kappa shape index (κ2) is 49.5. The number of hydrogen-bond donors (Lipinski definition) is 0. The fraction of sp³-hybridized carbons (Fsp3) is 0.727. The lowest BCUT2D eigenvalue weighted by atomic mass is 10.1. The minimum Gasteiger partial charge on any atom is -0.462 e. The normalized spacial score (nSPS) is 12.6. The van der Waals surface area contributed by atoms with Gasteiger partial charge in [-0.3, -0.25) is 14.4 Å². The Morgan fingerprint density at radius 1 is 0.344 bits per heavy atom. The van der Waals surface area contributed by atoms with Gasteiger partial charge in [0.05, 0.1) is 0 Å². The summed E-state index contributed by atoms with van der Waals surface area (Å²) in [5.41, 5.74) is 0. The standard InChI is InChI=1S/C55H94O6/c1-4-7-10-13-16-19-21-23-25-26-27-28-29-30-31-33-34-36-39-42-45-48-54(57)60-51-52(50-59-53(56)47-44-41-38-18-15-12-9-6-3)61-55(58)49-46-43-40-37-35-32-24-22-20-17-14-11-8-5-2/h7,10,16,19,22-25,27-28,30-31,52H,4-6,8-9,11-15,17-18,20-21,26,29,32-51H2,1-3H3/b10-7-,19-16-,24-22-,25-23-,28-27-,31-30-. The lowest BCUT2D eigenvalue weighted by Gasteiger charge is -2.18. The molecule has 0 aliphatic heterocycles. The third kappa shape index (κ3) is 47.7. The van der Waals surface area contributed by atoms with Crippen LogP contribution in [0.3, 0.4) is 0 Å². The van der Waals surface area contributed by atoms with Crippen LogP contribution < -0.4 is 0 Å². The summed E-state index contributed by atoms with van der Waals surface area (Å²) in [6, 6.07) is 0. The van der Waals surface area contributed by atoms with Crippen LogP contribution in [0.5, 0.6) is 0 Å². The molecule has 0 saturated heterocycles. The molecule has 0 aliphatic carbocycles. The Labute approximate surface area is 376 Å². The fourth-order valence-corrected chi connectivity index (χ4v) is 6.87. The molecule has 0 heterocycles. The number of allylic oxidation sites excluding steroid dienone is 12. The molecule has 0 saturated carbocycles. The van der Waals surface area contributed by atoms with E-state index in [4.69, 9.17) is 14.2 Å². The van der Waals surface area contributed by atoms with E-state index in [2.05, 4.69) is 93.7 Å². The molecule has 0 aromatic carbocycles. The van der Waals surface area contributed by atoms with E-state index >= 15 is 0 Å². The summed E-state index contributed by atoms with van der Waals surface area (Å²) < 4.78 is 16.7. The molecule has 6 heteroatoms. The highest BCUT2D eigenvalue weighted by Gasteiger charge is 2.19. The molecule has 1 atom stereocenters. The van der Waals surface area contributed by atoms with Crippen LogP contribution in [0.25, 0.3) is 0 Å². The Balaban J connectivity index is 4.33. The van der Waals surface area contributed by atoms with Crippen LogP contribution in [0, 0.1) is 0 Å². The molecule has 0 N–H and O–H groups in total. The van der Waals surface area contributed by atoms with Gasteiger partial charge in [0.2, 0.25) is 0 Å². The van der Waals surface area contributed by atoms with Crippen LogP contribution in [-0.2, 0) is 28.6 Å². The predicted octanol–water partition coefficient (Wildman–Crippen LogP) is 16.6. The highest BCUT2D eigenvalue weighted by atomic mass is 16.6. The number of unbranched alkanes of at least 4 members (excludes halogenated alkanes) is 22. The molecule has 0 aliphatic rings. The van der Waals surface area contributed by atoms with E-state index in [0.717, 1.165) is 122 Å². The van der Waals surface area contributed by atoms with Gasteiger partial charge in [0.15, 0.2) is 6.10 Å². The first-order valence-corrected chi connectivity index (χ1v) is 25.4. The van der Waals surface area contributed by atoms with E-state index in [0.29, 0.717) is 19.3 Å². The van der Waals surface area contributed by atoms with Crippen molar-refractivity contribution in [3.05, 3.63) is 72.9 Å². The van der Waals surface area contributed by atoms with Gasteiger partial charge in [-0.15, -0.1) is 0 Å². The van der Waals surface area contributed by atoms with Crippen molar-refractivity contribution >= 4 is 17.9 Å². The topological polar surface area (TPSA) is 78.9 Å². The van der Waals surface area contributed by atoms with Crippen molar-refractivity contribution in [2.45, 2.75) is 245 Å². The summed E-state index contributed by atoms with van der Waals surface area (Å²) >= 11 is 0. The molecule has 0 spiro atoms. The third-order valence-corrected chi connectivity index (χ3v) is 10.7. The Morgan fingerprint density at radius 2 is 0.639 bits per heavy atom. The van der Waals surface area contributed by atoms with Crippen molar-refractivity contribution in [3.63, 3.8) is 0 Å². The number of hydrogen-bond acceptors (Lipinski definition) is 6. The molecule has 6 nitrogen and oxygen atoms in total. The highest BCUT2D eigenvalue weighted by molar-refractivity contribution is 5.71. The summed E-state index contributed by atoms with van der Waals surface area (Å²) in [7, 11) is 0. The van der Waals surface area contributed by atoms with Crippen LogP contribution in [0.15, 0.2) is 72.9 Å². The molecule has 0 aromatic heterocycles. The summed E-state index contributed by atoms with van der Waals surface area (Å²) in [6.45, 7) is 6.46. The lowest BCUT2D eigenvalue weighted by molar-refractivity contribution is -0.167. The van der Waals surface area contributed by atoms with E-state index in [1.54, 1.807) is 0 Å². The zero-order chi connectivity index (χ0) is 44.4. The maximum absolute atomic E-state index is 12.7. The van der Waals surface area contributed by atoms with Crippen LogP contribution in [0.4, 0.5) is 0 Å². The quantitative estimate of drug-likeness (QED) is 0.0263. The molecular formula is C55H94O6. The highest BCUT2D eigenvalue weighted by Crippen LogP contribution is 2.14. The van der Waals surface area contributed by atoms with Gasteiger partial charge >= 0.3 is 17.9 Å². The molecule has 0 aromatic rings. The average molecular weight is 851 g/mol. The molecule has 0 fully saturated rings. The smallest absolute Gasteiger partial charge is 0.306 e. The molecule has 0 radical (unpaired) electrons. The van der Waals surface area contributed by atoms with Crippen LogP contribution in [0.2, 0.25) is 0 Å². The SMILES string of the molecule is CC/C=C\C/C=C\C/C=C\C/C=C\C/C=C\CCCCCCCC(=O)OCC(COC(=O)CCCCCCCCCC)OC(=O)CCCCCCC/C=C\CCCCCCC. The van der Waals surface area contributed by atoms with Crippen molar-refractivity contribution in [1.82, 2.24) is 0 Å². The molecule has 0 amide bonds. The number of ether oxygens (including phenoxy) is 3. The Kier molecular flexibility index (Phi) is 46.9. The molecule has 1 unspecified atom stereocenters. The maximum atomic E-state index is 12.7. The molecule has 61 heavy (non-hydrogen) atoms. The molecule has 350 valence electrons. The van der Waals surface area contributed by atoms with Gasteiger partial charge < -0.3 is 14.2 Å². The van der Waals surface area contributed by atoms with E-state index in [9.17, 15) is 14.4 Å². The first-order chi connectivity index (χ1) is 30.0. The van der Waals surface area contributed by atoms with Gasteiger partial charge in [0.25, 0.3) is 0 Å². The van der Waals surface area contributed by atoms with Crippen molar-refractivity contribution in [1.29, 1.82) is 0 Å². The first-order valence-electron chi connectivity index (χ1n) is 25.4. The van der Waals surface area contributed by atoms with Crippen molar-refractivity contribution in [2.75, 3.05) is 13.2 Å². The van der Waals surface area contributed by atoms with Gasteiger partial charge in [0.1, 0.15) is 13.2 Å². The van der Waals surface area contributed by atoms with Crippen LogP contribution in [0.1, 0.15) is 239 Å². The van der Waals surface area contributed by atoms with E-state index in [1.807, 2.05) is 0 Å². The summed E-state index contributed by atoms with van der Waals surface area (Å²) in [4.78, 5) is 37.8. The first kappa shape index (κ1) is 57.9. The summed E-state index contributed by atoms with van der Waals surface area (Å²) in [6.07, 6.45) is 61.8. The molecule has 0 bridgehead atoms. The van der Waals surface area contributed by atoms with E-state index < -0.39 is 6.10 Å². The van der Waals surface area contributed by atoms with Gasteiger partial charge in [-0.2, -0.15) is 0 Å². The Bertz CT molecular complexity index is 1160. The van der Waals surface area contributed by atoms with Crippen LogP contribution >= 0.6 is 0 Å². The third-order valence-electron chi connectivity index (χ3n) is 10.7. The van der Waals surface area contributed by atoms with Crippen molar-refractivity contribution in [3.8, 4) is 0 Å². The zero-order valence-electron chi connectivity index (χ0n) is 39.9. The van der Waals surface area contributed by atoms with Crippen molar-refractivity contribution in [2.24, 2.45) is 0 Å². The lowest BCUT2D eigenvalue weighted by Crippen LogP contribution is -2.30. The minimum atomic E-state index is -0.784. The number of esters is 3.